The molecule has 1 rings (SSSR count). The van der Waals surface area contributed by atoms with Crippen LogP contribution in [0.4, 0.5) is 0 Å². The van der Waals surface area contributed by atoms with Gasteiger partial charge in [0.15, 0.2) is 0 Å². The second-order valence-corrected chi connectivity index (χ2v) is 4.08. The van der Waals surface area contributed by atoms with Crippen LogP contribution in [0.1, 0.15) is 29.5 Å². The number of aryl methyl sites for hydroxylation is 1. The maximum atomic E-state index is 10.4. The summed E-state index contributed by atoms with van der Waals surface area (Å²) in [6, 6.07) is 1.78. The molecule has 1 aromatic carbocycles. The molecule has 0 unspecified atom stereocenters. The zero-order chi connectivity index (χ0) is 13.0. The van der Waals surface area contributed by atoms with Gasteiger partial charge in [0, 0.05) is 6.42 Å². The molecule has 0 aromatic heterocycles. The highest BCUT2D eigenvalue weighted by Crippen LogP contribution is 2.33. The van der Waals surface area contributed by atoms with Crippen LogP contribution in [-0.2, 0) is 11.2 Å². The van der Waals surface area contributed by atoms with Gasteiger partial charge >= 0.3 is 5.97 Å². The van der Waals surface area contributed by atoms with Crippen molar-refractivity contribution in [2.45, 2.75) is 33.1 Å². The summed E-state index contributed by atoms with van der Waals surface area (Å²) in [6.07, 6.45) is 1.15. The van der Waals surface area contributed by atoms with E-state index in [1.807, 2.05) is 13.8 Å². The molecule has 17 heavy (non-hydrogen) atoms. The van der Waals surface area contributed by atoms with Crippen molar-refractivity contribution >= 4 is 5.97 Å². The van der Waals surface area contributed by atoms with Crippen LogP contribution >= 0.6 is 0 Å². The summed E-state index contributed by atoms with van der Waals surface area (Å²) >= 11 is 0. The molecular weight excluding hydrogens is 220 g/mol. The molecule has 0 aliphatic carbocycles. The summed E-state index contributed by atoms with van der Waals surface area (Å²) in [4.78, 5) is 10.4. The van der Waals surface area contributed by atoms with Gasteiger partial charge in [-0.25, -0.2) is 0 Å². The minimum Gasteiger partial charge on any atom is -0.507 e. The van der Waals surface area contributed by atoms with Crippen molar-refractivity contribution in [1.82, 2.24) is 0 Å². The van der Waals surface area contributed by atoms with Crippen molar-refractivity contribution in [2.24, 2.45) is 0 Å². The van der Waals surface area contributed by atoms with E-state index in [-0.39, 0.29) is 12.2 Å². The number of carboxylic acid groups (broad SMARTS) is 1. The third-order valence-corrected chi connectivity index (χ3v) is 2.95. The van der Waals surface area contributed by atoms with Crippen molar-refractivity contribution < 1.29 is 19.7 Å². The molecule has 0 amide bonds. The Morgan fingerprint density at radius 3 is 2.53 bits per heavy atom. The number of rotatable bonds is 5. The highest BCUT2D eigenvalue weighted by atomic mass is 16.5. The second kappa shape index (κ2) is 5.57. The van der Waals surface area contributed by atoms with E-state index in [4.69, 9.17) is 9.84 Å². The van der Waals surface area contributed by atoms with Gasteiger partial charge in [0.2, 0.25) is 0 Å². The molecule has 0 bridgehead atoms. The highest BCUT2D eigenvalue weighted by molar-refractivity contribution is 5.66. The summed E-state index contributed by atoms with van der Waals surface area (Å²) in [7, 11) is 1.58. The lowest BCUT2D eigenvalue weighted by Crippen LogP contribution is -1.99. The van der Waals surface area contributed by atoms with E-state index in [9.17, 15) is 9.90 Å². The average Bonchev–Trinajstić information content (AvgIpc) is 2.29. The topological polar surface area (TPSA) is 66.8 Å². The summed E-state index contributed by atoms with van der Waals surface area (Å²) < 4.78 is 5.22. The fourth-order valence-electron chi connectivity index (χ4n) is 1.77. The Labute approximate surface area is 101 Å². The first-order valence-electron chi connectivity index (χ1n) is 5.55. The number of aliphatic carboxylic acids is 1. The molecular formula is C13H18O4. The van der Waals surface area contributed by atoms with Crippen molar-refractivity contribution in [3.05, 3.63) is 22.8 Å². The average molecular weight is 238 g/mol. The van der Waals surface area contributed by atoms with Crippen LogP contribution in [0, 0.1) is 13.8 Å². The maximum Gasteiger partial charge on any atom is 0.303 e. The summed E-state index contributed by atoms with van der Waals surface area (Å²) in [5.41, 5.74) is 2.44. The highest BCUT2D eigenvalue weighted by Gasteiger charge is 2.12. The Morgan fingerprint density at radius 2 is 2.00 bits per heavy atom. The van der Waals surface area contributed by atoms with E-state index >= 15 is 0 Å². The van der Waals surface area contributed by atoms with Gasteiger partial charge < -0.3 is 14.9 Å². The molecule has 0 atom stereocenters. The van der Waals surface area contributed by atoms with Crippen LogP contribution in [0.3, 0.4) is 0 Å². The third-order valence-electron chi connectivity index (χ3n) is 2.95. The van der Waals surface area contributed by atoms with Crippen LogP contribution in [0.5, 0.6) is 11.5 Å². The van der Waals surface area contributed by atoms with Crippen molar-refractivity contribution in [3.63, 3.8) is 0 Å². The summed E-state index contributed by atoms with van der Waals surface area (Å²) in [5.74, 6) is 0.152. The molecule has 0 saturated carbocycles. The van der Waals surface area contributed by atoms with Crippen molar-refractivity contribution in [2.75, 3.05) is 7.11 Å². The Morgan fingerprint density at radius 1 is 1.35 bits per heavy atom. The predicted octanol–water partition coefficient (Wildman–Crippen LogP) is 2.42. The Balaban J connectivity index is 2.92. The summed E-state index contributed by atoms with van der Waals surface area (Å²) in [6.45, 7) is 3.71. The van der Waals surface area contributed by atoms with Crippen LogP contribution in [0.15, 0.2) is 6.07 Å². The van der Waals surface area contributed by atoms with Gasteiger partial charge in [0.1, 0.15) is 11.5 Å². The maximum absolute atomic E-state index is 10.4. The number of phenolic OH excluding ortho intramolecular Hbond substituents is 1. The third kappa shape index (κ3) is 3.12. The van der Waals surface area contributed by atoms with E-state index in [0.717, 1.165) is 22.4 Å². The monoisotopic (exact) mass is 238 g/mol. The van der Waals surface area contributed by atoms with E-state index < -0.39 is 5.97 Å². The molecule has 0 aliphatic heterocycles. The molecule has 0 aliphatic rings. The molecule has 0 fully saturated rings. The van der Waals surface area contributed by atoms with Gasteiger partial charge in [-0.1, -0.05) is 0 Å². The number of carbonyl (C=O) groups is 1. The lowest BCUT2D eigenvalue weighted by Gasteiger charge is -2.13. The Bertz CT molecular complexity index is 424. The molecule has 4 heteroatoms. The van der Waals surface area contributed by atoms with Crippen LogP contribution < -0.4 is 4.74 Å². The first-order chi connectivity index (χ1) is 7.97. The van der Waals surface area contributed by atoms with Gasteiger partial charge in [-0.3, -0.25) is 4.79 Å². The van der Waals surface area contributed by atoms with Gasteiger partial charge in [-0.2, -0.15) is 0 Å². The number of benzene rings is 1. The van der Waals surface area contributed by atoms with E-state index in [0.29, 0.717) is 12.8 Å². The Kier molecular flexibility index (Phi) is 4.37. The van der Waals surface area contributed by atoms with E-state index in [1.54, 1.807) is 13.2 Å². The lowest BCUT2D eigenvalue weighted by atomic mass is 9.99. The number of ether oxygens (including phenoxy) is 1. The predicted molar refractivity (Wildman–Crippen MR) is 64.7 cm³/mol. The second-order valence-electron chi connectivity index (χ2n) is 4.08. The number of aromatic hydroxyl groups is 1. The Hall–Kier alpha value is -1.71. The number of methoxy groups -OCH3 is 1. The van der Waals surface area contributed by atoms with Crippen LogP contribution in [-0.4, -0.2) is 23.3 Å². The molecule has 0 heterocycles. The summed E-state index contributed by atoms with van der Waals surface area (Å²) in [5, 5.41) is 18.5. The quantitative estimate of drug-likeness (QED) is 0.826. The number of hydrogen-bond acceptors (Lipinski definition) is 3. The van der Waals surface area contributed by atoms with Crippen molar-refractivity contribution in [1.29, 1.82) is 0 Å². The van der Waals surface area contributed by atoms with E-state index in [1.165, 1.54) is 0 Å². The molecule has 94 valence electrons. The number of phenols is 1. The molecule has 4 nitrogen and oxygen atoms in total. The minimum absolute atomic E-state index is 0.106. The fourth-order valence-corrected chi connectivity index (χ4v) is 1.77. The van der Waals surface area contributed by atoms with Crippen LogP contribution in [0.2, 0.25) is 0 Å². The fraction of sp³-hybridized carbons (Fsp3) is 0.462. The molecule has 2 N–H and O–H groups in total. The molecule has 0 radical (unpaired) electrons. The number of hydrogen-bond donors (Lipinski definition) is 2. The normalized spacial score (nSPS) is 10.3. The van der Waals surface area contributed by atoms with Gasteiger partial charge in [-0.05, 0) is 49.4 Å². The van der Waals surface area contributed by atoms with Crippen LogP contribution in [0.25, 0.3) is 0 Å². The minimum atomic E-state index is -0.819. The molecule has 0 spiro atoms. The SMILES string of the molecule is COc1cc(CCCC(=O)O)c(O)c(C)c1C. The lowest BCUT2D eigenvalue weighted by molar-refractivity contribution is -0.137. The van der Waals surface area contributed by atoms with Gasteiger partial charge in [0.25, 0.3) is 0 Å². The first kappa shape index (κ1) is 13.4. The zero-order valence-electron chi connectivity index (χ0n) is 10.4. The smallest absolute Gasteiger partial charge is 0.303 e. The molecule has 0 saturated heterocycles. The zero-order valence-corrected chi connectivity index (χ0v) is 10.4. The van der Waals surface area contributed by atoms with E-state index in [2.05, 4.69) is 0 Å². The van der Waals surface area contributed by atoms with Gasteiger partial charge in [0.05, 0.1) is 7.11 Å². The standard InChI is InChI=1S/C13H18O4/c1-8-9(2)13(16)10(7-11(8)17-3)5-4-6-12(14)15/h7,16H,4-6H2,1-3H3,(H,14,15). The van der Waals surface area contributed by atoms with Gasteiger partial charge in [-0.15, -0.1) is 0 Å². The number of carboxylic acids is 1. The molecule has 1 aromatic rings. The first-order valence-corrected chi connectivity index (χ1v) is 5.55. The largest absolute Gasteiger partial charge is 0.507 e. The van der Waals surface area contributed by atoms with Crippen molar-refractivity contribution in [3.8, 4) is 11.5 Å².